The monoisotopic (exact) mass is 411 g/mol. The van der Waals surface area contributed by atoms with Crippen LogP contribution in [0.1, 0.15) is 33.4 Å². The molecule has 28 heavy (non-hydrogen) atoms. The van der Waals surface area contributed by atoms with E-state index in [1.807, 2.05) is 24.3 Å². The molecule has 5 rings (SSSR count). The molecule has 0 radical (unpaired) electrons. The number of para-hydroxylation sites is 1. The maximum atomic E-state index is 14.9. The molecule has 1 atom stereocenters. The summed E-state index contributed by atoms with van der Waals surface area (Å²) in [6.07, 6.45) is 0.678. The van der Waals surface area contributed by atoms with Gasteiger partial charge in [-0.2, -0.15) is 0 Å². The van der Waals surface area contributed by atoms with Gasteiger partial charge in [-0.05, 0) is 30.2 Å². The molecule has 0 spiro atoms. The van der Waals surface area contributed by atoms with Crippen molar-refractivity contribution < 1.29 is 9.18 Å². The number of benzene rings is 2. The molecule has 1 aliphatic rings. The van der Waals surface area contributed by atoms with Gasteiger partial charge >= 0.3 is 0 Å². The number of carbonyl (C=O) groups is 1. The molecule has 140 valence electrons. The van der Waals surface area contributed by atoms with E-state index >= 15 is 0 Å². The van der Waals surface area contributed by atoms with Gasteiger partial charge in [-0.25, -0.2) is 9.37 Å². The van der Waals surface area contributed by atoms with E-state index in [-0.39, 0.29) is 5.91 Å². The fourth-order valence-electron chi connectivity index (χ4n) is 4.00. The molecular formula is C21H15ClFN3OS. The number of hydrogen-bond acceptors (Lipinski definition) is 3. The number of rotatable bonds is 2. The molecule has 1 amide bonds. The molecule has 0 fully saturated rings. The second-order valence-corrected chi connectivity index (χ2v) is 7.85. The maximum absolute atomic E-state index is 14.9. The van der Waals surface area contributed by atoms with Crippen molar-refractivity contribution >= 4 is 39.7 Å². The predicted octanol–water partition coefficient (Wildman–Crippen LogP) is 5.20. The van der Waals surface area contributed by atoms with Crippen molar-refractivity contribution in [2.24, 2.45) is 0 Å². The highest BCUT2D eigenvalue weighted by atomic mass is 35.5. The van der Waals surface area contributed by atoms with Gasteiger partial charge in [0.05, 0.1) is 5.51 Å². The van der Waals surface area contributed by atoms with E-state index in [0.717, 1.165) is 22.2 Å². The summed E-state index contributed by atoms with van der Waals surface area (Å²) < 4.78 is 14.9. The third-order valence-electron chi connectivity index (χ3n) is 5.22. The number of carbonyl (C=O) groups excluding carboxylic acids is 1. The number of aromatic amines is 1. The molecule has 0 aliphatic carbocycles. The second-order valence-electron chi connectivity index (χ2n) is 6.72. The van der Waals surface area contributed by atoms with Crippen molar-refractivity contribution in [2.75, 3.05) is 6.54 Å². The molecule has 4 nitrogen and oxygen atoms in total. The molecule has 0 saturated heterocycles. The Morgan fingerprint density at radius 3 is 2.89 bits per heavy atom. The van der Waals surface area contributed by atoms with Crippen LogP contribution in [0.5, 0.6) is 0 Å². The SMILES string of the molecule is O=C(c1cscn1)N1CCc2c([nH]c3ccccc23)C1c1c(F)cccc1Cl. The van der Waals surface area contributed by atoms with Crippen LogP contribution in [0.4, 0.5) is 4.39 Å². The van der Waals surface area contributed by atoms with Gasteiger partial charge in [-0.15, -0.1) is 11.3 Å². The lowest BCUT2D eigenvalue weighted by atomic mass is 9.91. The Morgan fingerprint density at radius 2 is 2.11 bits per heavy atom. The topological polar surface area (TPSA) is 49.0 Å². The van der Waals surface area contributed by atoms with Crippen molar-refractivity contribution in [3.05, 3.63) is 86.7 Å². The van der Waals surface area contributed by atoms with Crippen LogP contribution in [-0.2, 0) is 6.42 Å². The van der Waals surface area contributed by atoms with E-state index in [2.05, 4.69) is 9.97 Å². The van der Waals surface area contributed by atoms with Crippen molar-refractivity contribution in [3.8, 4) is 0 Å². The normalized spacial score (nSPS) is 16.4. The summed E-state index contributed by atoms with van der Waals surface area (Å²) in [5.74, 6) is -0.657. The molecule has 1 aliphatic heterocycles. The molecule has 4 aromatic rings. The molecule has 0 saturated carbocycles. The molecule has 1 unspecified atom stereocenters. The smallest absolute Gasteiger partial charge is 0.274 e. The van der Waals surface area contributed by atoms with Crippen LogP contribution in [0.15, 0.2) is 53.4 Å². The lowest BCUT2D eigenvalue weighted by molar-refractivity contribution is 0.0684. The van der Waals surface area contributed by atoms with Crippen molar-refractivity contribution in [2.45, 2.75) is 12.5 Å². The highest BCUT2D eigenvalue weighted by Gasteiger charge is 2.37. The highest BCUT2D eigenvalue weighted by molar-refractivity contribution is 7.07. The second kappa shape index (κ2) is 6.72. The zero-order chi connectivity index (χ0) is 19.3. The number of halogens is 2. The maximum Gasteiger partial charge on any atom is 0.274 e. The van der Waals surface area contributed by atoms with Crippen molar-refractivity contribution in [3.63, 3.8) is 0 Å². The van der Waals surface area contributed by atoms with Crippen molar-refractivity contribution in [1.82, 2.24) is 14.9 Å². The first-order chi connectivity index (χ1) is 13.6. The van der Waals surface area contributed by atoms with E-state index < -0.39 is 11.9 Å². The summed E-state index contributed by atoms with van der Waals surface area (Å²) in [5, 5.41) is 3.10. The number of fused-ring (bicyclic) bond motifs is 3. The van der Waals surface area contributed by atoms with Gasteiger partial charge < -0.3 is 9.88 Å². The number of amides is 1. The summed E-state index contributed by atoms with van der Waals surface area (Å²) in [6.45, 7) is 0.459. The van der Waals surface area contributed by atoms with Gasteiger partial charge in [0, 0.05) is 39.1 Å². The molecule has 1 N–H and O–H groups in total. The number of H-pyrrole nitrogens is 1. The molecule has 2 aromatic carbocycles. The minimum Gasteiger partial charge on any atom is -0.356 e. The third-order valence-corrected chi connectivity index (χ3v) is 6.14. The fourth-order valence-corrected chi connectivity index (χ4v) is 4.79. The van der Waals surface area contributed by atoms with Crippen LogP contribution in [0, 0.1) is 5.82 Å². The Hall–Kier alpha value is -2.70. The van der Waals surface area contributed by atoms with E-state index in [9.17, 15) is 9.18 Å². The van der Waals surface area contributed by atoms with Gasteiger partial charge in [0.25, 0.3) is 5.91 Å². The average Bonchev–Trinajstić information content (AvgIpc) is 3.35. The quantitative estimate of drug-likeness (QED) is 0.492. The molecule has 3 heterocycles. The Labute approximate surface area is 169 Å². The molecule has 7 heteroatoms. The van der Waals surface area contributed by atoms with Crippen LogP contribution in [-0.4, -0.2) is 27.3 Å². The summed E-state index contributed by atoms with van der Waals surface area (Å²) in [6, 6.07) is 11.9. The first-order valence-corrected chi connectivity index (χ1v) is 10.2. The number of aromatic nitrogens is 2. The van der Waals surface area contributed by atoms with Crippen molar-refractivity contribution in [1.29, 1.82) is 0 Å². The van der Waals surface area contributed by atoms with Crippen LogP contribution in [0.3, 0.4) is 0 Å². The first kappa shape index (κ1) is 17.4. The van der Waals surface area contributed by atoms with Gasteiger partial charge in [-0.3, -0.25) is 4.79 Å². The highest BCUT2D eigenvalue weighted by Crippen LogP contribution is 2.42. The van der Waals surface area contributed by atoms with E-state index in [1.165, 1.54) is 17.4 Å². The van der Waals surface area contributed by atoms with Crippen LogP contribution < -0.4 is 0 Å². The molecule has 2 aromatic heterocycles. The zero-order valence-electron chi connectivity index (χ0n) is 14.7. The number of nitrogens with zero attached hydrogens (tertiary/aromatic N) is 2. The zero-order valence-corrected chi connectivity index (χ0v) is 16.2. The lowest BCUT2D eigenvalue weighted by Gasteiger charge is -2.36. The Balaban J connectivity index is 1.74. The average molecular weight is 412 g/mol. The molecule has 0 bridgehead atoms. The Bertz CT molecular complexity index is 1170. The van der Waals surface area contributed by atoms with Crippen LogP contribution in [0.2, 0.25) is 5.02 Å². The minimum absolute atomic E-state index is 0.227. The fraction of sp³-hybridized carbons (Fsp3) is 0.143. The van der Waals surface area contributed by atoms with E-state index in [1.54, 1.807) is 27.9 Å². The van der Waals surface area contributed by atoms with Gasteiger partial charge in [-0.1, -0.05) is 35.9 Å². The van der Waals surface area contributed by atoms with Gasteiger partial charge in [0.15, 0.2) is 0 Å². The molecular weight excluding hydrogens is 397 g/mol. The van der Waals surface area contributed by atoms with E-state index in [0.29, 0.717) is 29.2 Å². The number of nitrogens with one attached hydrogen (secondary N) is 1. The van der Waals surface area contributed by atoms with Crippen LogP contribution >= 0.6 is 22.9 Å². The number of thiazole rings is 1. The van der Waals surface area contributed by atoms with Gasteiger partial charge in [0.2, 0.25) is 0 Å². The largest absolute Gasteiger partial charge is 0.356 e. The van der Waals surface area contributed by atoms with Gasteiger partial charge in [0.1, 0.15) is 17.6 Å². The van der Waals surface area contributed by atoms with E-state index in [4.69, 9.17) is 11.6 Å². The summed E-state index contributed by atoms with van der Waals surface area (Å²) in [7, 11) is 0. The standard InChI is InChI=1S/C21H15ClFN3OS/c22-14-5-3-6-15(23)18(14)20-19-13(12-4-1-2-7-16(12)25-19)8-9-26(20)21(27)17-10-28-11-24-17/h1-7,10-11,20,25H,8-9H2. The summed E-state index contributed by atoms with van der Waals surface area (Å²) in [5.41, 5.74) is 5.16. The summed E-state index contributed by atoms with van der Waals surface area (Å²) >= 11 is 7.78. The summed E-state index contributed by atoms with van der Waals surface area (Å²) in [4.78, 5) is 22.4. The predicted molar refractivity (Wildman–Crippen MR) is 108 cm³/mol. The number of hydrogen-bond donors (Lipinski definition) is 1. The first-order valence-electron chi connectivity index (χ1n) is 8.87. The van der Waals surface area contributed by atoms with Crippen LogP contribution in [0.25, 0.3) is 10.9 Å². The Morgan fingerprint density at radius 1 is 1.25 bits per heavy atom. The third kappa shape index (κ3) is 2.64. The minimum atomic E-state index is -0.640. The Kier molecular flexibility index (Phi) is 4.18. The lowest BCUT2D eigenvalue weighted by Crippen LogP contribution is -2.41.